The Hall–Kier alpha value is -1.55. The van der Waals surface area contributed by atoms with Crippen LogP contribution in [0.1, 0.15) is 25.7 Å². The zero-order chi connectivity index (χ0) is 12.6. The summed E-state index contributed by atoms with van der Waals surface area (Å²) in [7, 11) is 0. The number of benzene rings is 1. The summed E-state index contributed by atoms with van der Waals surface area (Å²) >= 11 is 0. The van der Waals surface area contributed by atoms with E-state index in [9.17, 15) is 5.11 Å². The van der Waals surface area contributed by atoms with Gasteiger partial charge in [0, 0.05) is 5.69 Å². The highest BCUT2D eigenvalue weighted by Crippen LogP contribution is 2.26. The van der Waals surface area contributed by atoms with Gasteiger partial charge in [0.1, 0.15) is 5.82 Å². The number of hydrogen-bond acceptors (Lipinski definition) is 3. The number of fused-ring (bicyclic) bond motifs is 1. The molecule has 4 nitrogen and oxygen atoms in total. The van der Waals surface area contributed by atoms with Gasteiger partial charge in [0.15, 0.2) is 0 Å². The van der Waals surface area contributed by atoms with Crippen LogP contribution in [0.2, 0.25) is 0 Å². The van der Waals surface area contributed by atoms with Crippen LogP contribution in [0, 0.1) is 12.8 Å². The lowest BCUT2D eigenvalue weighted by Gasteiger charge is -2.22. The fraction of sp³-hybridized carbons (Fsp3) is 0.462. The molecule has 1 aromatic carbocycles. The van der Waals surface area contributed by atoms with Crippen LogP contribution in [0.5, 0.6) is 0 Å². The van der Waals surface area contributed by atoms with Crippen LogP contribution in [0.3, 0.4) is 0 Å². The van der Waals surface area contributed by atoms with Gasteiger partial charge in [-0.3, -0.25) is 0 Å². The van der Waals surface area contributed by atoms with Gasteiger partial charge in [0.05, 0.1) is 23.7 Å². The second-order valence-electron chi connectivity index (χ2n) is 4.77. The number of aryl methyl sites for hydroxylation is 1. The molecule has 1 heterocycles. The van der Waals surface area contributed by atoms with Crippen molar-refractivity contribution >= 4 is 16.7 Å². The minimum Gasteiger partial charge on any atom is -0.399 e. The van der Waals surface area contributed by atoms with Crippen molar-refractivity contribution in [3.05, 3.63) is 24.0 Å². The zero-order valence-electron chi connectivity index (χ0n) is 10.5. The number of aromatic nitrogens is 2. The summed E-state index contributed by atoms with van der Waals surface area (Å²) in [5.74, 6) is 1.27. The summed E-state index contributed by atoms with van der Waals surface area (Å²) in [6, 6.07) is 5.77. The lowest BCUT2D eigenvalue weighted by Crippen LogP contribution is -2.20. The average Bonchev–Trinajstić information content (AvgIpc) is 2.55. The average molecular weight is 233 g/mol. The highest BCUT2D eigenvalue weighted by molar-refractivity contribution is 5.79. The summed E-state index contributed by atoms with van der Waals surface area (Å²) in [6.45, 7) is 6.28. The standard InChI is InChI=1S/C13H19N3O/c1-8(2)13(7-17)16-9(3)15-11-6-10(14)4-5-12(11)16/h4-6,8,13,17H,7,14H2,1-3H3/t13-/m0/s1. The van der Waals surface area contributed by atoms with E-state index >= 15 is 0 Å². The second-order valence-corrected chi connectivity index (χ2v) is 4.77. The Morgan fingerprint density at radius 2 is 2.12 bits per heavy atom. The molecule has 0 amide bonds. The van der Waals surface area contributed by atoms with Gasteiger partial charge in [-0.1, -0.05) is 13.8 Å². The second kappa shape index (κ2) is 4.37. The molecule has 2 rings (SSSR count). The van der Waals surface area contributed by atoms with E-state index in [2.05, 4.69) is 23.4 Å². The maximum atomic E-state index is 9.53. The molecule has 0 saturated heterocycles. The Morgan fingerprint density at radius 1 is 1.41 bits per heavy atom. The Morgan fingerprint density at radius 3 is 2.71 bits per heavy atom. The van der Waals surface area contributed by atoms with Crippen LogP contribution in [0.15, 0.2) is 18.2 Å². The Labute approximate surface area is 101 Å². The first-order valence-corrected chi connectivity index (χ1v) is 5.89. The molecule has 3 N–H and O–H groups in total. The number of aliphatic hydroxyl groups is 1. The van der Waals surface area contributed by atoms with E-state index in [4.69, 9.17) is 5.73 Å². The largest absolute Gasteiger partial charge is 0.399 e. The molecule has 0 unspecified atom stereocenters. The zero-order valence-corrected chi connectivity index (χ0v) is 10.5. The van der Waals surface area contributed by atoms with E-state index in [1.807, 2.05) is 25.1 Å². The Balaban J connectivity index is 2.63. The van der Waals surface area contributed by atoms with Crippen LogP contribution in [0.25, 0.3) is 11.0 Å². The molecular weight excluding hydrogens is 214 g/mol. The molecule has 0 fully saturated rings. The number of nitrogen functional groups attached to an aromatic ring is 1. The normalized spacial score (nSPS) is 13.5. The Kier molecular flexibility index (Phi) is 3.07. The van der Waals surface area contributed by atoms with E-state index in [1.54, 1.807) is 0 Å². The predicted octanol–water partition coefficient (Wildman–Crippen LogP) is 2.12. The van der Waals surface area contributed by atoms with Gasteiger partial charge in [-0.15, -0.1) is 0 Å². The number of nitrogens with two attached hydrogens (primary N) is 1. The number of rotatable bonds is 3. The van der Waals surface area contributed by atoms with Gasteiger partial charge in [-0.2, -0.15) is 0 Å². The minimum absolute atomic E-state index is 0.0589. The molecule has 0 spiro atoms. The molecule has 0 saturated carbocycles. The first-order valence-electron chi connectivity index (χ1n) is 5.89. The summed E-state index contributed by atoms with van der Waals surface area (Å²) in [6.07, 6.45) is 0. The fourth-order valence-corrected chi connectivity index (χ4v) is 2.25. The van der Waals surface area contributed by atoms with Crippen molar-refractivity contribution < 1.29 is 5.11 Å². The molecular formula is C13H19N3O. The van der Waals surface area contributed by atoms with E-state index in [1.165, 1.54) is 0 Å². The molecule has 92 valence electrons. The molecule has 0 bridgehead atoms. The molecule has 0 aliphatic rings. The molecule has 1 atom stereocenters. The molecule has 0 radical (unpaired) electrons. The van der Waals surface area contributed by atoms with Crippen molar-refractivity contribution in [2.24, 2.45) is 5.92 Å². The molecule has 1 aromatic heterocycles. The highest BCUT2D eigenvalue weighted by atomic mass is 16.3. The molecule has 0 aliphatic heterocycles. The van der Waals surface area contributed by atoms with Gasteiger partial charge in [-0.05, 0) is 31.0 Å². The van der Waals surface area contributed by atoms with Gasteiger partial charge in [0.2, 0.25) is 0 Å². The SMILES string of the molecule is Cc1nc2cc(N)ccc2n1[C@@H](CO)C(C)C. The predicted molar refractivity (Wildman–Crippen MR) is 69.8 cm³/mol. The third-order valence-corrected chi connectivity index (χ3v) is 3.18. The van der Waals surface area contributed by atoms with E-state index in [0.717, 1.165) is 16.9 Å². The first-order chi connectivity index (χ1) is 8.04. The van der Waals surface area contributed by atoms with Crippen LogP contribution < -0.4 is 5.73 Å². The lowest BCUT2D eigenvalue weighted by molar-refractivity contribution is 0.194. The first kappa shape index (κ1) is 11.9. The van der Waals surface area contributed by atoms with Crippen LogP contribution in [0.4, 0.5) is 5.69 Å². The maximum Gasteiger partial charge on any atom is 0.107 e. The number of imidazole rings is 1. The maximum absolute atomic E-state index is 9.53. The summed E-state index contributed by atoms with van der Waals surface area (Å²) in [5, 5.41) is 9.53. The van der Waals surface area contributed by atoms with Crippen molar-refractivity contribution in [1.82, 2.24) is 9.55 Å². The van der Waals surface area contributed by atoms with E-state index in [0.29, 0.717) is 11.6 Å². The van der Waals surface area contributed by atoms with Gasteiger partial charge < -0.3 is 15.4 Å². The van der Waals surface area contributed by atoms with Crippen molar-refractivity contribution in [3.63, 3.8) is 0 Å². The molecule has 0 aliphatic carbocycles. The van der Waals surface area contributed by atoms with Gasteiger partial charge >= 0.3 is 0 Å². The monoisotopic (exact) mass is 233 g/mol. The lowest BCUT2D eigenvalue weighted by atomic mass is 10.0. The van der Waals surface area contributed by atoms with Crippen molar-refractivity contribution in [3.8, 4) is 0 Å². The van der Waals surface area contributed by atoms with Crippen LogP contribution in [-0.4, -0.2) is 21.3 Å². The Bertz CT molecular complexity index is 531. The number of anilines is 1. The van der Waals surface area contributed by atoms with Crippen LogP contribution >= 0.6 is 0 Å². The summed E-state index contributed by atoms with van der Waals surface area (Å²) in [5.41, 5.74) is 8.39. The third-order valence-electron chi connectivity index (χ3n) is 3.18. The van der Waals surface area contributed by atoms with Gasteiger partial charge in [0.25, 0.3) is 0 Å². The van der Waals surface area contributed by atoms with Crippen LogP contribution in [-0.2, 0) is 0 Å². The van der Waals surface area contributed by atoms with E-state index in [-0.39, 0.29) is 12.6 Å². The number of hydrogen-bond donors (Lipinski definition) is 2. The number of aliphatic hydroxyl groups excluding tert-OH is 1. The van der Waals surface area contributed by atoms with Crippen molar-refractivity contribution in [1.29, 1.82) is 0 Å². The minimum atomic E-state index is 0.0589. The molecule has 4 heteroatoms. The number of nitrogens with zero attached hydrogens (tertiary/aromatic N) is 2. The quantitative estimate of drug-likeness (QED) is 0.798. The highest BCUT2D eigenvalue weighted by Gasteiger charge is 2.19. The smallest absolute Gasteiger partial charge is 0.107 e. The van der Waals surface area contributed by atoms with E-state index < -0.39 is 0 Å². The third kappa shape index (κ3) is 2.00. The fourth-order valence-electron chi connectivity index (χ4n) is 2.25. The topological polar surface area (TPSA) is 64.1 Å². The summed E-state index contributed by atoms with van der Waals surface area (Å²) in [4.78, 5) is 4.50. The van der Waals surface area contributed by atoms with Crippen molar-refractivity contribution in [2.75, 3.05) is 12.3 Å². The van der Waals surface area contributed by atoms with Crippen molar-refractivity contribution in [2.45, 2.75) is 26.8 Å². The summed E-state index contributed by atoms with van der Waals surface area (Å²) < 4.78 is 2.10. The molecule has 17 heavy (non-hydrogen) atoms. The molecule has 2 aromatic rings. The van der Waals surface area contributed by atoms with Gasteiger partial charge in [-0.25, -0.2) is 4.98 Å².